The molecule has 1 unspecified atom stereocenters. The minimum absolute atomic E-state index is 0.115. The van der Waals surface area contributed by atoms with Crippen LogP contribution in [0.3, 0.4) is 0 Å². The molecule has 1 aromatic rings. The maximum atomic E-state index is 10.3. The molecule has 0 radical (unpaired) electrons. The molecule has 0 amide bonds. The van der Waals surface area contributed by atoms with Gasteiger partial charge in [0.25, 0.3) is 0 Å². The van der Waals surface area contributed by atoms with Gasteiger partial charge in [-0.1, -0.05) is 6.07 Å². The van der Waals surface area contributed by atoms with Crippen LogP contribution in [0.1, 0.15) is 36.8 Å². The van der Waals surface area contributed by atoms with E-state index in [1.807, 2.05) is 6.07 Å². The highest BCUT2D eigenvalue weighted by molar-refractivity contribution is 5.45. The third-order valence-electron chi connectivity index (χ3n) is 6.72. The quantitative estimate of drug-likeness (QED) is 0.837. The monoisotopic (exact) mass is 331 g/mol. The molecule has 4 rings (SSSR count). The maximum absolute atomic E-state index is 10.3. The fourth-order valence-corrected chi connectivity index (χ4v) is 5.27. The number of hydrogen-bond donors (Lipinski definition) is 2. The first-order chi connectivity index (χ1) is 11.7. The summed E-state index contributed by atoms with van der Waals surface area (Å²) in [6.07, 6.45) is 5.48. The second kappa shape index (κ2) is 6.32. The number of fused-ring (bicyclic) bond motifs is 4. The van der Waals surface area contributed by atoms with Crippen LogP contribution in [0.25, 0.3) is 0 Å². The van der Waals surface area contributed by atoms with E-state index in [-0.39, 0.29) is 24.5 Å². The average molecular weight is 331 g/mol. The van der Waals surface area contributed by atoms with Crippen LogP contribution < -0.4 is 4.74 Å². The highest BCUT2D eigenvalue weighted by Crippen LogP contribution is 2.52. The summed E-state index contributed by atoms with van der Waals surface area (Å²) >= 11 is 0. The Balaban J connectivity index is 1.76. The first kappa shape index (κ1) is 16.4. The summed E-state index contributed by atoms with van der Waals surface area (Å²) in [5.41, 5.74) is 2.56. The zero-order valence-corrected chi connectivity index (χ0v) is 14.6. The number of benzene rings is 1. The van der Waals surface area contributed by atoms with E-state index in [9.17, 15) is 10.2 Å². The number of piperidine rings is 1. The van der Waals surface area contributed by atoms with Crippen molar-refractivity contribution in [3.63, 3.8) is 0 Å². The molecule has 2 aliphatic carbocycles. The number of hydrogen-bond acceptors (Lipinski definition) is 4. The lowest BCUT2D eigenvalue weighted by Crippen LogP contribution is -2.61. The van der Waals surface area contributed by atoms with E-state index in [2.05, 4.69) is 17.0 Å². The topological polar surface area (TPSA) is 52.9 Å². The van der Waals surface area contributed by atoms with Crippen LogP contribution in [-0.2, 0) is 11.8 Å². The summed E-state index contributed by atoms with van der Waals surface area (Å²) in [5.74, 6) is 1.95. The Morgan fingerprint density at radius 1 is 1.29 bits per heavy atom. The van der Waals surface area contributed by atoms with E-state index in [1.165, 1.54) is 30.5 Å². The van der Waals surface area contributed by atoms with Crippen molar-refractivity contribution < 1.29 is 14.9 Å². The van der Waals surface area contributed by atoms with Crippen LogP contribution in [0.15, 0.2) is 18.2 Å². The molecule has 1 saturated heterocycles. The van der Waals surface area contributed by atoms with Crippen LogP contribution in [0.4, 0.5) is 0 Å². The fourth-order valence-electron chi connectivity index (χ4n) is 5.27. The van der Waals surface area contributed by atoms with Crippen LogP contribution >= 0.6 is 0 Å². The molecule has 4 heteroatoms. The zero-order valence-electron chi connectivity index (χ0n) is 14.6. The lowest BCUT2D eigenvalue weighted by atomic mass is 9.56. The molecule has 4 nitrogen and oxygen atoms in total. The van der Waals surface area contributed by atoms with Crippen LogP contribution in [0.5, 0.6) is 5.75 Å². The Morgan fingerprint density at radius 2 is 2.12 bits per heavy atom. The van der Waals surface area contributed by atoms with Gasteiger partial charge in [-0.2, -0.15) is 0 Å². The minimum Gasteiger partial charge on any atom is -0.497 e. The predicted octanol–water partition coefficient (Wildman–Crippen LogP) is 1.96. The molecule has 3 aliphatic rings. The fraction of sp³-hybridized carbons (Fsp3) is 0.700. The van der Waals surface area contributed by atoms with Gasteiger partial charge in [0.05, 0.1) is 7.11 Å². The molecule has 1 saturated carbocycles. The summed E-state index contributed by atoms with van der Waals surface area (Å²) in [7, 11) is 1.70. The number of rotatable bonds is 6. The number of methoxy groups -OCH3 is 1. The highest BCUT2D eigenvalue weighted by atomic mass is 16.5. The van der Waals surface area contributed by atoms with Crippen molar-refractivity contribution in [2.24, 2.45) is 11.8 Å². The van der Waals surface area contributed by atoms with Crippen molar-refractivity contribution in [1.82, 2.24) is 4.90 Å². The van der Waals surface area contributed by atoms with Gasteiger partial charge in [-0.15, -0.1) is 0 Å². The Kier molecular flexibility index (Phi) is 4.31. The molecular formula is C20H29NO3. The van der Waals surface area contributed by atoms with E-state index in [1.54, 1.807) is 7.11 Å². The molecule has 2 bridgehead atoms. The first-order valence-corrected chi connectivity index (χ1v) is 9.35. The minimum atomic E-state index is -0.115. The van der Waals surface area contributed by atoms with Gasteiger partial charge < -0.3 is 14.9 Å². The molecule has 132 valence electrons. The third-order valence-corrected chi connectivity index (χ3v) is 6.72. The summed E-state index contributed by atoms with van der Waals surface area (Å²) in [5, 5.41) is 20.1. The van der Waals surface area contributed by atoms with Gasteiger partial charge in [-0.3, -0.25) is 4.90 Å². The SMILES string of the molecule is COc1ccc2c(c1)C1(CCO)CCN(CC3CC3)[C@H](C2)[C@@H]1CO. The summed E-state index contributed by atoms with van der Waals surface area (Å²) in [4.78, 5) is 2.63. The number of nitrogens with zero attached hydrogens (tertiary/aromatic N) is 1. The van der Waals surface area contributed by atoms with Crippen molar-refractivity contribution in [2.75, 3.05) is 33.4 Å². The Labute approximate surface area is 144 Å². The molecular weight excluding hydrogens is 302 g/mol. The van der Waals surface area contributed by atoms with Gasteiger partial charge in [0, 0.05) is 37.1 Å². The van der Waals surface area contributed by atoms with E-state index >= 15 is 0 Å². The molecule has 2 fully saturated rings. The summed E-state index contributed by atoms with van der Waals surface area (Å²) in [6.45, 7) is 2.63. The van der Waals surface area contributed by atoms with Crippen LogP contribution in [0.2, 0.25) is 0 Å². The third kappa shape index (κ3) is 2.56. The number of aliphatic hydroxyl groups excluding tert-OH is 2. The van der Waals surface area contributed by atoms with Gasteiger partial charge >= 0.3 is 0 Å². The maximum Gasteiger partial charge on any atom is 0.119 e. The van der Waals surface area contributed by atoms with Crippen molar-refractivity contribution in [2.45, 2.75) is 43.6 Å². The zero-order chi connectivity index (χ0) is 16.7. The van der Waals surface area contributed by atoms with Gasteiger partial charge in [-0.05, 0) is 67.8 Å². The second-order valence-electron chi connectivity index (χ2n) is 7.90. The predicted molar refractivity (Wildman–Crippen MR) is 93.4 cm³/mol. The van der Waals surface area contributed by atoms with Crippen LogP contribution in [-0.4, -0.2) is 54.6 Å². The van der Waals surface area contributed by atoms with E-state index < -0.39 is 0 Å². The van der Waals surface area contributed by atoms with E-state index in [0.717, 1.165) is 37.5 Å². The van der Waals surface area contributed by atoms with Crippen LogP contribution in [0, 0.1) is 11.8 Å². The molecule has 0 aromatic heterocycles. The van der Waals surface area contributed by atoms with E-state index in [4.69, 9.17) is 4.74 Å². The van der Waals surface area contributed by atoms with Crippen molar-refractivity contribution in [3.05, 3.63) is 29.3 Å². The van der Waals surface area contributed by atoms with Crippen molar-refractivity contribution in [3.8, 4) is 5.75 Å². The summed E-state index contributed by atoms with van der Waals surface area (Å²) < 4.78 is 5.46. The van der Waals surface area contributed by atoms with Gasteiger partial charge in [0.1, 0.15) is 5.75 Å². The van der Waals surface area contributed by atoms with Gasteiger partial charge in [-0.25, -0.2) is 0 Å². The molecule has 3 atom stereocenters. The largest absolute Gasteiger partial charge is 0.497 e. The highest BCUT2D eigenvalue weighted by Gasteiger charge is 2.53. The lowest BCUT2D eigenvalue weighted by molar-refractivity contribution is -0.0267. The normalized spacial score (nSPS) is 32.5. The number of aliphatic hydroxyl groups is 2. The number of likely N-dealkylation sites (tertiary alicyclic amines) is 1. The van der Waals surface area contributed by atoms with Gasteiger partial charge in [0.2, 0.25) is 0 Å². The molecule has 1 aromatic carbocycles. The Hall–Kier alpha value is -1.10. The van der Waals surface area contributed by atoms with Gasteiger partial charge in [0.15, 0.2) is 0 Å². The average Bonchev–Trinajstić information content (AvgIpc) is 3.41. The lowest BCUT2D eigenvalue weighted by Gasteiger charge is -2.56. The molecule has 0 spiro atoms. The summed E-state index contributed by atoms with van der Waals surface area (Å²) in [6, 6.07) is 6.80. The smallest absolute Gasteiger partial charge is 0.119 e. The second-order valence-corrected chi connectivity index (χ2v) is 7.90. The first-order valence-electron chi connectivity index (χ1n) is 9.35. The van der Waals surface area contributed by atoms with E-state index in [0.29, 0.717) is 6.04 Å². The molecule has 24 heavy (non-hydrogen) atoms. The Bertz CT molecular complexity index is 601. The van der Waals surface area contributed by atoms with Crippen molar-refractivity contribution >= 4 is 0 Å². The molecule has 1 heterocycles. The van der Waals surface area contributed by atoms with Crippen molar-refractivity contribution in [1.29, 1.82) is 0 Å². The molecule has 2 N–H and O–H groups in total. The molecule has 1 aliphatic heterocycles. The standard InChI is InChI=1S/C20H29NO3/c1-24-16-5-4-15-10-19-18(13-23)20(7-9-22,17(15)11-16)6-8-21(19)12-14-2-3-14/h4-5,11,14,18-19,22-23H,2-3,6-10,12-13H2,1H3/t18-,19+,20?/m0/s1. The number of ether oxygens (including phenoxy) is 1. The Morgan fingerprint density at radius 3 is 2.79 bits per heavy atom.